The first-order valence-electron chi connectivity index (χ1n) is 9.16. The quantitative estimate of drug-likeness (QED) is 0.805. The first kappa shape index (κ1) is 20.4. The van der Waals surface area contributed by atoms with E-state index >= 15 is 0 Å². The molecule has 1 saturated heterocycles. The van der Waals surface area contributed by atoms with Gasteiger partial charge in [0.15, 0.2) is 0 Å². The van der Waals surface area contributed by atoms with Crippen LogP contribution in [0.15, 0.2) is 17.5 Å². The van der Waals surface area contributed by atoms with Crippen LogP contribution in [0, 0.1) is 5.92 Å². The van der Waals surface area contributed by atoms with Crippen molar-refractivity contribution in [2.24, 2.45) is 5.92 Å². The highest BCUT2D eigenvalue weighted by Crippen LogP contribution is 2.23. The lowest BCUT2D eigenvalue weighted by molar-refractivity contribution is -0.135. The molecule has 2 heterocycles. The summed E-state index contributed by atoms with van der Waals surface area (Å²) >= 11 is 1.73. The van der Waals surface area contributed by atoms with Gasteiger partial charge < -0.3 is 15.0 Å². The van der Waals surface area contributed by atoms with Crippen molar-refractivity contribution < 1.29 is 9.53 Å². The summed E-state index contributed by atoms with van der Waals surface area (Å²) in [5.41, 5.74) is 0. The third kappa shape index (κ3) is 5.51. The minimum absolute atomic E-state index is 0.111. The molecule has 1 fully saturated rings. The van der Waals surface area contributed by atoms with Crippen molar-refractivity contribution in [1.82, 2.24) is 15.1 Å². The van der Waals surface area contributed by atoms with Crippen molar-refractivity contribution in [2.45, 2.75) is 52.0 Å². The van der Waals surface area contributed by atoms with Crippen LogP contribution >= 0.6 is 11.3 Å². The molecule has 1 aromatic rings. The van der Waals surface area contributed by atoms with E-state index in [1.54, 1.807) is 11.3 Å². The van der Waals surface area contributed by atoms with Crippen molar-refractivity contribution in [3.8, 4) is 0 Å². The van der Waals surface area contributed by atoms with Gasteiger partial charge in [-0.25, -0.2) is 0 Å². The molecule has 4 atom stereocenters. The fourth-order valence-electron chi connectivity index (χ4n) is 3.66. The Kier molecular flexibility index (Phi) is 7.43. The monoisotopic (exact) mass is 367 g/mol. The number of morpholine rings is 1. The summed E-state index contributed by atoms with van der Waals surface area (Å²) in [5, 5.41) is 5.29. The maximum absolute atomic E-state index is 13.0. The lowest BCUT2D eigenvalue weighted by Gasteiger charge is -2.41. The van der Waals surface area contributed by atoms with Crippen molar-refractivity contribution in [3.05, 3.63) is 22.4 Å². The van der Waals surface area contributed by atoms with Gasteiger partial charge in [0.25, 0.3) is 0 Å². The van der Waals surface area contributed by atoms with Crippen LogP contribution in [0.5, 0.6) is 0 Å². The Balaban J connectivity index is 2.02. The number of nitrogens with one attached hydrogen (secondary N) is 1. The third-order valence-corrected chi connectivity index (χ3v) is 5.68. The number of nitrogens with zero attached hydrogens (tertiary/aromatic N) is 2. The fraction of sp³-hybridized carbons (Fsp3) is 0.737. The SMILES string of the molecule is CC1CN(C(C(=O)NCC(c2cccs2)N(C)C)C(C)C)CC(C)O1. The van der Waals surface area contributed by atoms with E-state index < -0.39 is 0 Å². The Morgan fingerprint density at radius 1 is 1.36 bits per heavy atom. The van der Waals surface area contributed by atoms with Gasteiger partial charge in [-0.2, -0.15) is 0 Å². The molecule has 1 aliphatic heterocycles. The molecule has 2 rings (SSSR count). The second-order valence-electron chi connectivity index (χ2n) is 7.64. The smallest absolute Gasteiger partial charge is 0.237 e. The summed E-state index contributed by atoms with van der Waals surface area (Å²) in [6, 6.07) is 4.29. The number of rotatable bonds is 7. The van der Waals surface area contributed by atoms with Gasteiger partial charge in [-0.15, -0.1) is 11.3 Å². The second-order valence-corrected chi connectivity index (χ2v) is 8.62. The first-order chi connectivity index (χ1) is 11.8. The van der Waals surface area contributed by atoms with Crippen LogP contribution < -0.4 is 5.32 Å². The van der Waals surface area contributed by atoms with E-state index in [1.165, 1.54) is 4.88 Å². The van der Waals surface area contributed by atoms with Crippen LogP contribution in [-0.2, 0) is 9.53 Å². The summed E-state index contributed by atoms with van der Waals surface area (Å²) in [6.07, 6.45) is 0.330. The summed E-state index contributed by atoms with van der Waals surface area (Å²) in [5.74, 6) is 0.386. The first-order valence-corrected chi connectivity index (χ1v) is 10.0. The van der Waals surface area contributed by atoms with Crippen LogP contribution in [0.25, 0.3) is 0 Å². The van der Waals surface area contributed by atoms with Crippen LogP contribution in [-0.4, -0.2) is 67.7 Å². The number of carbonyl (C=O) groups excluding carboxylic acids is 1. The van der Waals surface area contributed by atoms with Gasteiger partial charge in [0.1, 0.15) is 0 Å². The zero-order valence-electron chi connectivity index (χ0n) is 16.4. The summed E-state index contributed by atoms with van der Waals surface area (Å²) in [6.45, 7) is 10.7. The van der Waals surface area contributed by atoms with E-state index in [0.717, 1.165) is 13.1 Å². The molecule has 1 aromatic heterocycles. The molecule has 1 N–H and O–H groups in total. The maximum Gasteiger partial charge on any atom is 0.237 e. The standard InChI is InChI=1S/C19H33N3O2S/c1-13(2)18(22-11-14(3)24-15(4)12-22)19(23)20-10-16(21(5)6)17-8-7-9-25-17/h7-9,13-16,18H,10-12H2,1-6H3,(H,20,23). The molecule has 1 aliphatic rings. The molecule has 0 spiro atoms. The predicted octanol–water partition coefficient (Wildman–Crippen LogP) is 2.60. The van der Waals surface area contributed by atoms with E-state index in [9.17, 15) is 4.79 Å². The van der Waals surface area contributed by atoms with E-state index in [-0.39, 0.29) is 36.1 Å². The molecule has 0 aromatic carbocycles. The Hall–Kier alpha value is -0.950. The largest absolute Gasteiger partial charge is 0.373 e. The molecule has 0 aliphatic carbocycles. The number of hydrogen-bond acceptors (Lipinski definition) is 5. The van der Waals surface area contributed by atoms with Gasteiger partial charge in [-0.1, -0.05) is 19.9 Å². The zero-order valence-corrected chi connectivity index (χ0v) is 17.2. The van der Waals surface area contributed by atoms with Gasteiger partial charge in [0, 0.05) is 24.5 Å². The highest BCUT2D eigenvalue weighted by Gasteiger charge is 2.34. The highest BCUT2D eigenvalue weighted by molar-refractivity contribution is 7.10. The lowest BCUT2D eigenvalue weighted by Crippen LogP contribution is -2.57. The number of thiophene rings is 1. The van der Waals surface area contributed by atoms with E-state index in [4.69, 9.17) is 4.74 Å². The van der Waals surface area contributed by atoms with Crippen LogP contribution in [0.2, 0.25) is 0 Å². The van der Waals surface area contributed by atoms with Crippen molar-refractivity contribution in [2.75, 3.05) is 33.7 Å². The molecule has 142 valence electrons. The average Bonchev–Trinajstić information content (AvgIpc) is 2.99. The van der Waals surface area contributed by atoms with Crippen LogP contribution in [0.1, 0.15) is 38.6 Å². The van der Waals surface area contributed by atoms with Gasteiger partial charge in [-0.3, -0.25) is 9.69 Å². The Morgan fingerprint density at radius 2 is 2.00 bits per heavy atom. The van der Waals surface area contributed by atoms with Gasteiger partial charge >= 0.3 is 0 Å². The molecule has 5 nitrogen and oxygen atoms in total. The highest BCUT2D eigenvalue weighted by atomic mass is 32.1. The van der Waals surface area contributed by atoms with Gasteiger partial charge in [0.2, 0.25) is 5.91 Å². The summed E-state index contributed by atoms with van der Waals surface area (Å²) in [7, 11) is 4.11. The minimum Gasteiger partial charge on any atom is -0.373 e. The summed E-state index contributed by atoms with van der Waals surface area (Å²) < 4.78 is 5.83. The third-order valence-electron chi connectivity index (χ3n) is 4.71. The molecular weight excluding hydrogens is 334 g/mol. The molecule has 6 heteroatoms. The molecule has 1 amide bonds. The Labute approximate surface area is 156 Å². The molecule has 0 radical (unpaired) electrons. The van der Waals surface area contributed by atoms with E-state index in [0.29, 0.717) is 6.54 Å². The predicted molar refractivity (Wildman–Crippen MR) is 104 cm³/mol. The van der Waals surface area contributed by atoms with Crippen molar-refractivity contribution in [1.29, 1.82) is 0 Å². The fourth-order valence-corrected chi connectivity index (χ4v) is 4.58. The van der Waals surface area contributed by atoms with Crippen LogP contribution in [0.4, 0.5) is 0 Å². The molecule has 25 heavy (non-hydrogen) atoms. The van der Waals surface area contributed by atoms with Gasteiger partial charge in [-0.05, 0) is 45.3 Å². The number of amides is 1. The van der Waals surface area contributed by atoms with Crippen molar-refractivity contribution in [3.63, 3.8) is 0 Å². The van der Waals surface area contributed by atoms with E-state index in [2.05, 4.69) is 74.4 Å². The topological polar surface area (TPSA) is 44.8 Å². The van der Waals surface area contributed by atoms with Crippen LogP contribution in [0.3, 0.4) is 0 Å². The van der Waals surface area contributed by atoms with E-state index in [1.807, 2.05) is 0 Å². The number of hydrogen-bond donors (Lipinski definition) is 1. The molecule has 0 bridgehead atoms. The van der Waals surface area contributed by atoms with Gasteiger partial charge in [0.05, 0.1) is 24.3 Å². The number of likely N-dealkylation sites (N-methyl/N-ethyl adjacent to an activating group) is 1. The Bertz CT molecular complexity index is 523. The average molecular weight is 368 g/mol. The number of ether oxygens (including phenoxy) is 1. The summed E-state index contributed by atoms with van der Waals surface area (Å²) in [4.78, 5) is 18.7. The minimum atomic E-state index is -0.111. The Morgan fingerprint density at radius 3 is 2.48 bits per heavy atom. The molecule has 0 saturated carbocycles. The normalized spacial score (nSPS) is 24.5. The van der Waals surface area contributed by atoms with Crippen molar-refractivity contribution >= 4 is 17.2 Å². The molecular formula is C19H33N3O2S. The zero-order chi connectivity index (χ0) is 18.6. The molecule has 4 unspecified atom stereocenters. The lowest BCUT2D eigenvalue weighted by atomic mass is 9.99. The second kappa shape index (κ2) is 9.12. The number of carbonyl (C=O) groups is 1. The maximum atomic E-state index is 13.0.